The second-order valence-corrected chi connectivity index (χ2v) is 9.87. The molecule has 0 saturated carbocycles. The van der Waals surface area contributed by atoms with Crippen molar-refractivity contribution in [3.05, 3.63) is 99.6 Å². The quantitative estimate of drug-likeness (QED) is 0.311. The summed E-state index contributed by atoms with van der Waals surface area (Å²) in [7, 11) is 1.60. The maximum Gasteiger partial charge on any atom is 0.269 e. The molecule has 10 nitrogen and oxygen atoms in total. The molecule has 39 heavy (non-hydrogen) atoms. The van der Waals surface area contributed by atoms with Crippen molar-refractivity contribution in [3.63, 3.8) is 0 Å². The first-order valence-corrected chi connectivity index (χ1v) is 13.3. The predicted octanol–water partition coefficient (Wildman–Crippen LogP) is 4.59. The second kappa shape index (κ2) is 11.5. The number of nitrogens with one attached hydrogen (secondary N) is 1. The topological polar surface area (TPSA) is 126 Å². The Morgan fingerprint density at radius 2 is 1.79 bits per heavy atom. The van der Waals surface area contributed by atoms with E-state index >= 15 is 0 Å². The molecule has 0 aromatic heterocycles. The summed E-state index contributed by atoms with van der Waals surface area (Å²) in [5, 5.41) is 14.3. The van der Waals surface area contributed by atoms with E-state index in [4.69, 9.17) is 14.7 Å². The summed E-state index contributed by atoms with van der Waals surface area (Å²) in [6.45, 7) is 0.381. The van der Waals surface area contributed by atoms with Crippen molar-refractivity contribution in [2.24, 2.45) is 9.98 Å². The van der Waals surface area contributed by atoms with Crippen LogP contribution in [0.1, 0.15) is 29.5 Å². The maximum absolute atomic E-state index is 13.4. The van der Waals surface area contributed by atoms with Crippen molar-refractivity contribution in [1.82, 2.24) is 10.2 Å². The number of amides is 2. The molecule has 1 N–H and O–H groups in total. The molecule has 2 amide bonds. The highest BCUT2D eigenvalue weighted by atomic mass is 32.2. The molecule has 2 heterocycles. The third kappa shape index (κ3) is 5.83. The fraction of sp³-hybridized carbons (Fsp3) is 0.214. The number of nitro benzene ring substituents is 1. The van der Waals surface area contributed by atoms with Gasteiger partial charge in [0.05, 0.1) is 17.7 Å². The van der Waals surface area contributed by atoms with E-state index in [1.807, 2.05) is 48.5 Å². The van der Waals surface area contributed by atoms with Crippen LogP contribution < -0.4 is 10.1 Å². The van der Waals surface area contributed by atoms with Gasteiger partial charge in [-0.05, 0) is 41.8 Å². The van der Waals surface area contributed by atoms with Crippen molar-refractivity contribution < 1.29 is 19.2 Å². The van der Waals surface area contributed by atoms with Crippen molar-refractivity contribution >= 4 is 46.0 Å². The molecule has 11 heteroatoms. The lowest BCUT2D eigenvalue weighted by atomic mass is 10.1. The predicted molar refractivity (Wildman–Crippen MR) is 149 cm³/mol. The van der Waals surface area contributed by atoms with Gasteiger partial charge in [-0.1, -0.05) is 48.2 Å². The number of amidine groups is 2. The third-order valence-corrected chi connectivity index (χ3v) is 7.37. The number of carbonyl (C=O) groups is 2. The lowest BCUT2D eigenvalue weighted by Gasteiger charge is -2.25. The first-order valence-electron chi connectivity index (χ1n) is 12.3. The fourth-order valence-electron chi connectivity index (χ4n) is 4.25. The van der Waals surface area contributed by atoms with Crippen LogP contribution in [-0.2, 0) is 21.9 Å². The molecule has 5 rings (SSSR count). The van der Waals surface area contributed by atoms with E-state index in [-0.39, 0.29) is 30.3 Å². The average Bonchev–Trinajstić information content (AvgIpc) is 3.30. The summed E-state index contributed by atoms with van der Waals surface area (Å²) >= 11 is 1.36. The zero-order chi connectivity index (χ0) is 27.4. The highest BCUT2D eigenvalue weighted by Crippen LogP contribution is 2.35. The van der Waals surface area contributed by atoms with Crippen molar-refractivity contribution in [1.29, 1.82) is 0 Å². The number of rotatable bonds is 9. The molecular weight excluding hydrogens is 518 g/mol. The zero-order valence-corrected chi connectivity index (χ0v) is 21.9. The Hall–Kier alpha value is -4.51. The van der Waals surface area contributed by atoms with E-state index in [0.717, 1.165) is 22.4 Å². The Bertz CT molecular complexity index is 1470. The van der Waals surface area contributed by atoms with Crippen LogP contribution in [0.5, 0.6) is 5.75 Å². The number of non-ortho nitro benzene ring substituents is 1. The number of aliphatic imine (C=N–C) groups is 2. The zero-order valence-electron chi connectivity index (χ0n) is 21.1. The molecule has 0 fully saturated rings. The minimum atomic E-state index is -0.692. The van der Waals surface area contributed by atoms with Gasteiger partial charge in [-0.2, -0.15) is 0 Å². The lowest BCUT2D eigenvalue weighted by molar-refractivity contribution is -0.384. The Morgan fingerprint density at radius 3 is 2.51 bits per heavy atom. The van der Waals surface area contributed by atoms with Gasteiger partial charge in [-0.3, -0.25) is 24.7 Å². The Morgan fingerprint density at radius 1 is 1.08 bits per heavy atom. The summed E-state index contributed by atoms with van der Waals surface area (Å²) in [6, 6.07) is 20.5. The number of hydrogen-bond acceptors (Lipinski definition) is 8. The van der Waals surface area contributed by atoms with Crippen LogP contribution in [0.25, 0.3) is 0 Å². The number of para-hydroxylation sites is 1. The summed E-state index contributed by atoms with van der Waals surface area (Å²) in [6.07, 6.45) is 0.428. The number of methoxy groups -OCH3 is 1. The standard InChI is InChI=1S/C28H25N5O5S/c1-38-21-12-8-18(9-13-21)16-29-25(34)15-14-24-27(35)32-26(30-24)22-4-2-3-5-23(22)31-28(32)39-17-19-6-10-20(11-7-19)33(36)37/h2-13,24H,14-17H2,1H3,(H,29,34). The molecule has 0 radical (unpaired) electrons. The van der Waals surface area contributed by atoms with Crippen LogP contribution in [0.15, 0.2) is 82.8 Å². The number of carbonyl (C=O) groups excluding carboxylic acids is 2. The third-order valence-electron chi connectivity index (χ3n) is 6.36. The minimum Gasteiger partial charge on any atom is -0.497 e. The van der Waals surface area contributed by atoms with Crippen molar-refractivity contribution in [2.75, 3.05) is 7.11 Å². The smallest absolute Gasteiger partial charge is 0.269 e. The molecule has 0 aliphatic carbocycles. The van der Waals surface area contributed by atoms with E-state index < -0.39 is 11.0 Å². The van der Waals surface area contributed by atoms with E-state index in [9.17, 15) is 19.7 Å². The van der Waals surface area contributed by atoms with E-state index in [1.165, 1.54) is 28.8 Å². The molecule has 2 aliphatic rings. The molecule has 0 bridgehead atoms. The summed E-state index contributed by atoms with van der Waals surface area (Å²) in [4.78, 5) is 47.4. The maximum atomic E-state index is 13.4. The first kappa shape index (κ1) is 26.1. The molecule has 3 aromatic rings. The minimum absolute atomic E-state index is 0.0210. The number of nitro groups is 1. The number of hydrogen-bond donors (Lipinski definition) is 1. The number of thioether (sulfide) groups is 1. The highest BCUT2D eigenvalue weighted by molar-refractivity contribution is 8.13. The molecular formula is C28H25N5O5S. The highest BCUT2D eigenvalue weighted by Gasteiger charge is 2.41. The van der Waals surface area contributed by atoms with Gasteiger partial charge in [-0.15, -0.1) is 0 Å². The molecule has 1 atom stereocenters. The molecule has 2 aliphatic heterocycles. The normalized spacial score (nSPS) is 15.7. The number of fused-ring (bicyclic) bond motifs is 3. The molecule has 0 spiro atoms. The van der Waals surface area contributed by atoms with Crippen LogP contribution in [0.2, 0.25) is 0 Å². The van der Waals surface area contributed by atoms with Gasteiger partial charge in [0.2, 0.25) is 5.91 Å². The van der Waals surface area contributed by atoms with E-state index in [0.29, 0.717) is 29.0 Å². The molecule has 3 aromatic carbocycles. The first-order chi connectivity index (χ1) is 18.9. The Balaban J connectivity index is 1.24. The van der Waals surface area contributed by atoms with Crippen molar-refractivity contribution in [2.45, 2.75) is 31.2 Å². The Kier molecular flexibility index (Phi) is 7.69. The van der Waals surface area contributed by atoms with Crippen molar-refractivity contribution in [3.8, 4) is 5.75 Å². The van der Waals surface area contributed by atoms with Gasteiger partial charge >= 0.3 is 0 Å². The number of ether oxygens (including phenoxy) is 1. The second-order valence-electron chi connectivity index (χ2n) is 8.93. The monoisotopic (exact) mass is 543 g/mol. The Labute approximate surface area is 228 Å². The van der Waals surface area contributed by atoms with Gasteiger partial charge in [0.25, 0.3) is 11.6 Å². The van der Waals surface area contributed by atoms with Gasteiger partial charge in [0.15, 0.2) is 5.17 Å². The number of nitrogens with zero attached hydrogens (tertiary/aromatic N) is 4. The van der Waals surface area contributed by atoms with Crippen LogP contribution in [0, 0.1) is 10.1 Å². The summed E-state index contributed by atoms with van der Waals surface area (Å²) in [5.74, 6) is 1.35. The fourth-order valence-corrected chi connectivity index (χ4v) is 5.21. The van der Waals surface area contributed by atoms with Gasteiger partial charge in [0.1, 0.15) is 17.6 Å². The van der Waals surface area contributed by atoms with Crippen LogP contribution in [0.3, 0.4) is 0 Å². The van der Waals surface area contributed by atoms with Crippen LogP contribution in [-0.4, -0.2) is 45.8 Å². The molecule has 1 unspecified atom stereocenters. The SMILES string of the molecule is COc1ccc(CNC(=O)CCC2N=C3c4ccccc4N=C(SCc4ccc([N+](=O)[O-])cc4)N3C2=O)cc1. The largest absolute Gasteiger partial charge is 0.497 e. The van der Waals surface area contributed by atoms with Gasteiger partial charge in [-0.25, -0.2) is 9.89 Å². The molecule has 198 valence electrons. The number of benzene rings is 3. The van der Waals surface area contributed by atoms with Gasteiger partial charge in [0, 0.05) is 36.4 Å². The summed E-state index contributed by atoms with van der Waals surface area (Å²) < 4.78 is 5.15. The van der Waals surface area contributed by atoms with E-state index in [1.54, 1.807) is 19.2 Å². The summed E-state index contributed by atoms with van der Waals surface area (Å²) in [5.41, 5.74) is 3.30. The lowest BCUT2D eigenvalue weighted by Crippen LogP contribution is -2.41. The van der Waals surface area contributed by atoms with Crippen LogP contribution in [0.4, 0.5) is 11.4 Å². The van der Waals surface area contributed by atoms with Crippen LogP contribution >= 0.6 is 11.8 Å². The molecule has 0 saturated heterocycles. The average molecular weight is 544 g/mol. The van der Waals surface area contributed by atoms with Gasteiger partial charge < -0.3 is 10.1 Å². The van der Waals surface area contributed by atoms with E-state index in [2.05, 4.69) is 5.32 Å².